The molecule has 0 amide bonds. The molecule has 9 heteroatoms. The van der Waals surface area contributed by atoms with Gasteiger partial charge in [0, 0.05) is 12.2 Å². The van der Waals surface area contributed by atoms with Crippen molar-refractivity contribution in [2.24, 2.45) is 0 Å². The molecule has 0 saturated heterocycles. The quantitative estimate of drug-likeness (QED) is 0.113. The van der Waals surface area contributed by atoms with Gasteiger partial charge in [-0.25, -0.2) is 4.79 Å². The lowest BCUT2D eigenvalue weighted by Gasteiger charge is -2.38. The van der Waals surface area contributed by atoms with Gasteiger partial charge in [-0.15, -0.1) is 0 Å². The molecule has 0 aromatic heterocycles. The number of carbonyl (C=O) groups is 1. The first-order chi connectivity index (χ1) is 13.8. The van der Waals surface area contributed by atoms with Crippen LogP contribution >= 0.6 is 0 Å². The van der Waals surface area contributed by atoms with E-state index < -0.39 is 25.2 Å². The minimum absolute atomic E-state index is 0.239. The molecule has 178 valence electrons. The van der Waals surface area contributed by atoms with Crippen molar-refractivity contribution in [2.45, 2.75) is 84.5 Å². The second-order valence-corrected chi connectivity index (χ2v) is 21.9. The summed E-state index contributed by atoms with van der Waals surface area (Å²) in [6.45, 7) is 23.3. The van der Waals surface area contributed by atoms with Crippen LogP contribution in [0.4, 0.5) is 0 Å². The second kappa shape index (κ2) is 14.7. The van der Waals surface area contributed by atoms with E-state index in [2.05, 4.69) is 52.8 Å². The molecule has 0 unspecified atom stereocenters. The lowest BCUT2D eigenvalue weighted by Crippen LogP contribution is -2.52. The van der Waals surface area contributed by atoms with E-state index in [0.29, 0.717) is 32.0 Å². The highest BCUT2D eigenvalue weighted by atomic mass is 28.5. The van der Waals surface area contributed by atoms with Gasteiger partial charge in [0.15, 0.2) is 16.6 Å². The predicted molar refractivity (Wildman–Crippen MR) is 131 cm³/mol. The molecule has 0 aromatic carbocycles. The largest absolute Gasteiger partial charge is 0.460 e. The highest BCUT2D eigenvalue weighted by Crippen LogP contribution is 2.26. The minimum Gasteiger partial charge on any atom is -0.460 e. The average molecular weight is 479 g/mol. The third-order valence-electron chi connectivity index (χ3n) is 4.43. The first-order valence-corrected chi connectivity index (χ1v) is 20.2. The van der Waals surface area contributed by atoms with Gasteiger partial charge < -0.3 is 22.4 Å². The maximum atomic E-state index is 11.2. The monoisotopic (exact) mass is 478 g/mol. The molecular formula is C21H46O6Si3. The molecule has 0 N–H and O–H groups in total. The van der Waals surface area contributed by atoms with E-state index in [1.807, 2.05) is 0 Å². The van der Waals surface area contributed by atoms with Crippen molar-refractivity contribution in [1.82, 2.24) is 0 Å². The number of ether oxygens (including phenoxy) is 3. The van der Waals surface area contributed by atoms with E-state index in [-0.39, 0.29) is 12.6 Å². The maximum absolute atomic E-state index is 11.2. The maximum Gasteiger partial charge on any atom is 0.333 e. The zero-order chi connectivity index (χ0) is 23.3. The number of unbranched alkanes of at least 4 members (excludes halogenated alkanes) is 1. The van der Waals surface area contributed by atoms with Crippen LogP contribution in [-0.2, 0) is 27.2 Å². The van der Waals surface area contributed by atoms with Crippen molar-refractivity contribution in [3.8, 4) is 0 Å². The van der Waals surface area contributed by atoms with Crippen molar-refractivity contribution < 1.29 is 27.2 Å². The zero-order valence-electron chi connectivity index (χ0n) is 20.7. The van der Waals surface area contributed by atoms with Crippen molar-refractivity contribution in [3.63, 3.8) is 0 Å². The molecule has 0 saturated carbocycles. The lowest BCUT2D eigenvalue weighted by molar-refractivity contribution is -0.140. The van der Waals surface area contributed by atoms with Gasteiger partial charge in [-0.05, 0) is 64.7 Å². The summed E-state index contributed by atoms with van der Waals surface area (Å²) in [5, 5.41) is 0. The summed E-state index contributed by atoms with van der Waals surface area (Å²) in [5.74, 6) is -0.382. The fraction of sp³-hybridized carbons (Fsp3) is 0.857. The number of esters is 1. The molecule has 0 rings (SSSR count). The highest BCUT2D eigenvalue weighted by molar-refractivity contribution is 6.87. The van der Waals surface area contributed by atoms with Gasteiger partial charge in [0.05, 0.1) is 19.8 Å². The van der Waals surface area contributed by atoms with Gasteiger partial charge in [0.2, 0.25) is 0 Å². The first kappa shape index (κ1) is 29.7. The van der Waals surface area contributed by atoms with E-state index in [1.54, 1.807) is 6.92 Å². The van der Waals surface area contributed by atoms with Gasteiger partial charge in [0.1, 0.15) is 6.61 Å². The fourth-order valence-electron chi connectivity index (χ4n) is 3.29. The Kier molecular flexibility index (Phi) is 14.6. The molecule has 0 fully saturated rings. The smallest absolute Gasteiger partial charge is 0.333 e. The normalized spacial score (nSPS) is 12.8. The predicted octanol–water partition coefficient (Wildman–Crippen LogP) is 5.47. The van der Waals surface area contributed by atoms with Crippen molar-refractivity contribution in [1.29, 1.82) is 0 Å². The summed E-state index contributed by atoms with van der Waals surface area (Å²) in [7, 11) is -5.54. The minimum atomic E-state index is -2.11. The van der Waals surface area contributed by atoms with Crippen LogP contribution in [0.25, 0.3) is 0 Å². The van der Waals surface area contributed by atoms with Gasteiger partial charge in [-0.3, -0.25) is 0 Å². The summed E-state index contributed by atoms with van der Waals surface area (Å²) in [6.07, 6.45) is 3.44. The highest BCUT2D eigenvalue weighted by Gasteiger charge is 2.39. The van der Waals surface area contributed by atoms with Gasteiger partial charge in [-0.2, -0.15) is 0 Å². The van der Waals surface area contributed by atoms with Crippen LogP contribution in [0.5, 0.6) is 0 Å². The third-order valence-corrected chi connectivity index (χ3v) is 15.9. The van der Waals surface area contributed by atoms with Crippen LogP contribution in [0.2, 0.25) is 51.4 Å². The van der Waals surface area contributed by atoms with Crippen LogP contribution in [-0.4, -0.2) is 64.2 Å². The Morgan fingerprint density at radius 1 is 0.767 bits per heavy atom. The standard InChI is InChI=1S/C21H46O6Si3/c1-10-11-18-28(4,5)26-30(8,9)27-29(6,7)19-12-13-23-14-15-24-16-17-25-21(22)20(2)3/h2,10-19H2,1,3-9H3. The molecule has 0 spiro atoms. The second-order valence-electron chi connectivity index (χ2n) is 9.47. The van der Waals surface area contributed by atoms with E-state index in [4.69, 9.17) is 22.4 Å². The number of hydrogen-bond acceptors (Lipinski definition) is 6. The Morgan fingerprint density at radius 3 is 1.73 bits per heavy atom. The van der Waals surface area contributed by atoms with Crippen molar-refractivity contribution >= 4 is 31.2 Å². The molecule has 30 heavy (non-hydrogen) atoms. The van der Waals surface area contributed by atoms with Gasteiger partial charge in [0.25, 0.3) is 0 Å². The summed E-state index contributed by atoms with van der Waals surface area (Å²) >= 11 is 0. The Bertz CT molecular complexity index is 509. The first-order valence-electron chi connectivity index (χ1n) is 11.2. The zero-order valence-corrected chi connectivity index (χ0v) is 23.7. The number of hydrogen-bond donors (Lipinski definition) is 0. The molecule has 0 aliphatic carbocycles. The molecule has 0 radical (unpaired) electrons. The van der Waals surface area contributed by atoms with E-state index >= 15 is 0 Å². The average Bonchev–Trinajstić information content (AvgIpc) is 2.59. The Morgan fingerprint density at radius 2 is 1.23 bits per heavy atom. The van der Waals surface area contributed by atoms with Crippen LogP contribution in [0, 0.1) is 0 Å². The summed E-state index contributed by atoms with van der Waals surface area (Å²) in [6, 6.07) is 2.26. The van der Waals surface area contributed by atoms with Gasteiger partial charge in [-0.1, -0.05) is 26.3 Å². The molecule has 0 aliphatic rings. The molecule has 0 aliphatic heterocycles. The van der Waals surface area contributed by atoms with E-state index in [0.717, 1.165) is 12.5 Å². The van der Waals surface area contributed by atoms with Crippen LogP contribution in [0.1, 0.15) is 33.1 Å². The van der Waals surface area contributed by atoms with Gasteiger partial charge >= 0.3 is 14.5 Å². The topological polar surface area (TPSA) is 63.2 Å². The van der Waals surface area contributed by atoms with Crippen LogP contribution < -0.4 is 0 Å². The number of carbonyl (C=O) groups excluding carboxylic acids is 1. The molecule has 0 aromatic rings. The number of rotatable bonds is 18. The Hall–Kier alpha value is -0.299. The molecule has 0 bridgehead atoms. The third kappa shape index (κ3) is 16.4. The lowest BCUT2D eigenvalue weighted by atomic mass is 10.4. The van der Waals surface area contributed by atoms with E-state index in [1.165, 1.54) is 18.9 Å². The summed E-state index contributed by atoms with van der Waals surface area (Å²) < 4.78 is 29.2. The van der Waals surface area contributed by atoms with E-state index in [9.17, 15) is 4.79 Å². The van der Waals surface area contributed by atoms with Crippen molar-refractivity contribution in [2.75, 3.05) is 33.0 Å². The SMILES string of the molecule is C=C(C)C(=O)OCCOCCOCCC[Si](C)(C)O[Si](C)(C)O[Si](C)(C)CCCC. The molecule has 6 nitrogen and oxygen atoms in total. The Labute approximate surface area is 188 Å². The molecule has 0 atom stereocenters. The fourth-order valence-corrected chi connectivity index (χ4v) is 17.5. The van der Waals surface area contributed by atoms with Crippen LogP contribution in [0.3, 0.4) is 0 Å². The molecular weight excluding hydrogens is 432 g/mol. The summed E-state index contributed by atoms with van der Waals surface area (Å²) in [4.78, 5) is 11.2. The summed E-state index contributed by atoms with van der Waals surface area (Å²) in [5.41, 5.74) is 0.397. The Balaban J connectivity index is 3.93. The van der Waals surface area contributed by atoms with Crippen molar-refractivity contribution in [3.05, 3.63) is 12.2 Å². The molecule has 0 heterocycles. The van der Waals surface area contributed by atoms with Crippen LogP contribution in [0.15, 0.2) is 12.2 Å².